The molecule has 0 radical (unpaired) electrons. The second kappa shape index (κ2) is 10.9. The molecule has 0 aliphatic carbocycles. The van der Waals surface area contributed by atoms with Gasteiger partial charge in [-0.15, -0.1) is 4.72 Å². The van der Waals surface area contributed by atoms with Crippen molar-refractivity contribution >= 4 is 28.3 Å². The number of ether oxygens (including phenoxy) is 1. The number of hydrogen-bond acceptors (Lipinski definition) is 6. The number of benzene rings is 2. The lowest BCUT2D eigenvalue weighted by Gasteiger charge is -2.23. The van der Waals surface area contributed by atoms with Gasteiger partial charge in [0, 0.05) is 39.6 Å². The van der Waals surface area contributed by atoms with E-state index >= 15 is 4.39 Å². The number of nitrogens with one attached hydrogen (secondary N) is 1. The molecule has 37 heavy (non-hydrogen) atoms. The number of aliphatic carboxylic acids is 1. The van der Waals surface area contributed by atoms with Gasteiger partial charge >= 0.3 is 5.97 Å². The Bertz CT molecular complexity index is 1430. The number of halogens is 2. The summed E-state index contributed by atoms with van der Waals surface area (Å²) in [6, 6.07) is 10.8. The van der Waals surface area contributed by atoms with Crippen molar-refractivity contribution in [3.63, 3.8) is 0 Å². The van der Waals surface area contributed by atoms with Crippen molar-refractivity contribution in [3.8, 4) is 16.9 Å². The lowest BCUT2D eigenvalue weighted by molar-refractivity contribution is -0.136. The van der Waals surface area contributed by atoms with Crippen LogP contribution in [0.4, 0.5) is 8.78 Å². The van der Waals surface area contributed by atoms with E-state index in [1.165, 1.54) is 36.7 Å². The highest BCUT2D eigenvalue weighted by Gasteiger charge is 2.27. The van der Waals surface area contributed by atoms with Crippen LogP contribution in [-0.2, 0) is 35.7 Å². The zero-order valence-electron chi connectivity index (χ0n) is 20.5. The summed E-state index contributed by atoms with van der Waals surface area (Å²) in [7, 11) is 0. The minimum Gasteiger partial charge on any atom is -0.598 e. The molecule has 2 aromatic heterocycles. The first-order chi connectivity index (χ1) is 17.5. The van der Waals surface area contributed by atoms with Crippen LogP contribution in [0.3, 0.4) is 0 Å². The maximum Gasteiger partial charge on any atom is 0.307 e. The minimum absolute atomic E-state index is 0.0344. The Labute approximate surface area is 215 Å². The monoisotopic (exact) mass is 528 g/mol. The number of furan rings is 1. The lowest BCUT2D eigenvalue weighted by Crippen LogP contribution is -2.39. The van der Waals surface area contributed by atoms with Crippen molar-refractivity contribution in [2.45, 2.75) is 45.1 Å². The average molecular weight is 529 g/mol. The highest BCUT2D eigenvalue weighted by molar-refractivity contribution is 7.90. The van der Waals surface area contributed by atoms with E-state index < -0.39 is 40.1 Å². The highest BCUT2D eigenvalue weighted by Crippen LogP contribution is 2.34. The van der Waals surface area contributed by atoms with E-state index in [9.17, 15) is 13.7 Å². The number of para-hydroxylation sites is 1. The topological polar surface area (TPSA) is 108 Å². The number of pyridine rings is 1. The van der Waals surface area contributed by atoms with Gasteiger partial charge in [0.05, 0.1) is 24.9 Å². The summed E-state index contributed by atoms with van der Waals surface area (Å²) in [6.45, 7) is 5.30. The summed E-state index contributed by atoms with van der Waals surface area (Å²) in [5.74, 6) is -2.51. The molecule has 2 aromatic carbocycles. The second-order valence-corrected chi connectivity index (χ2v) is 11.4. The highest BCUT2D eigenvalue weighted by atomic mass is 32.2. The maximum absolute atomic E-state index is 15.6. The van der Waals surface area contributed by atoms with Crippen LogP contribution >= 0.6 is 0 Å². The number of carboxylic acid groups (broad SMARTS) is 1. The molecule has 0 aliphatic heterocycles. The second-order valence-electron chi connectivity index (χ2n) is 9.39. The SMILES string of the molecule is CC(C)(C)[S+]([O-])NCc1nccc(-c2cc(COc3c(F)cccc3CC(=O)O)cc3ccoc23)c1F. The van der Waals surface area contributed by atoms with Crippen molar-refractivity contribution in [1.29, 1.82) is 0 Å². The molecule has 0 aliphatic rings. The first-order valence-electron chi connectivity index (χ1n) is 11.5. The summed E-state index contributed by atoms with van der Waals surface area (Å²) in [6.07, 6.45) is 2.55. The van der Waals surface area contributed by atoms with E-state index in [1.807, 2.05) is 20.8 Å². The van der Waals surface area contributed by atoms with Gasteiger partial charge in [0.25, 0.3) is 0 Å². The fourth-order valence-electron chi connectivity index (χ4n) is 3.77. The van der Waals surface area contributed by atoms with Gasteiger partial charge in [0.1, 0.15) is 16.9 Å². The molecule has 1 unspecified atom stereocenters. The largest absolute Gasteiger partial charge is 0.598 e. The predicted octanol–water partition coefficient (Wildman–Crippen LogP) is 5.53. The zero-order valence-corrected chi connectivity index (χ0v) is 21.3. The summed E-state index contributed by atoms with van der Waals surface area (Å²) in [5, 5.41) is 9.81. The van der Waals surface area contributed by atoms with E-state index in [0.29, 0.717) is 22.1 Å². The minimum atomic E-state index is -1.40. The van der Waals surface area contributed by atoms with Crippen LogP contribution in [0.15, 0.2) is 59.3 Å². The van der Waals surface area contributed by atoms with Gasteiger partial charge in [-0.1, -0.05) is 12.1 Å². The van der Waals surface area contributed by atoms with Gasteiger partial charge in [0.15, 0.2) is 17.4 Å². The van der Waals surface area contributed by atoms with Crippen LogP contribution in [-0.4, -0.2) is 25.4 Å². The van der Waals surface area contributed by atoms with Crippen molar-refractivity contribution in [3.05, 3.63) is 83.4 Å². The summed E-state index contributed by atoms with van der Waals surface area (Å²) < 4.78 is 56.0. The van der Waals surface area contributed by atoms with Crippen LogP contribution in [0.5, 0.6) is 5.75 Å². The number of nitrogens with zero attached hydrogens (tertiary/aromatic N) is 1. The average Bonchev–Trinajstić information content (AvgIpc) is 3.30. The third-order valence-electron chi connectivity index (χ3n) is 5.56. The maximum atomic E-state index is 15.6. The van der Waals surface area contributed by atoms with E-state index in [4.69, 9.17) is 14.3 Å². The number of carboxylic acids is 1. The van der Waals surface area contributed by atoms with Crippen molar-refractivity contribution in [2.75, 3.05) is 0 Å². The van der Waals surface area contributed by atoms with Crippen LogP contribution in [0, 0.1) is 11.6 Å². The standard InChI is InChI=1S/C27H26F2N2O5S/c1-27(2,3)37(34)31-14-22-24(29)19(7-9-30-22)20-12-16(11-18-8-10-35-25(18)20)15-36-26-17(13-23(32)33)5-4-6-21(26)28/h4-12,31H,13-15H2,1-3H3,(H,32,33). The molecule has 10 heteroatoms. The van der Waals surface area contributed by atoms with Crippen LogP contribution in [0.2, 0.25) is 0 Å². The predicted molar refractivity (Wildman–Crippen MR) is 136 cm³/mol. The third kappa shape index (κ3) is 6.10. The Balaban J connectivity index is 1.65. The molecular formula is C27H26F2N2O5S. The third-order valence-corrected chi connectivity index (χ3v) is 7.08. The van der Waals surface area contributed by atoms with Gasteiger partial charge in [-0.25, -0.2) is 8.78 Å². The molecular weight excluding hydrogens is 502 g/mol. The number of fused-ring (bicyclic) bond motifs is 1. The number of hydrogen-bond donors (Lipinski definition) is 2. The fraction of sp³-hybridized carbons (Fsp3) is 0.259. The molecule has 0 saturated heterocycles. The molecule has 4 rings (SSSR count). The Morgan fingerprint density at radius 1 is 1.19 bits per heavy atom. The lowest BCUT2D eigenvalue weighted by atomic mass is 10.00. The van der Waals surface area contributed by atoms with Gasteiger partial charge in [0.2, 0.25) is 0 Å². The normalized spacial score (nSPS) is 12.6. The van der Waals surface area contributed by atoms with Gasteiger partial charge < -0.3 is 18.8 Å². The van der Waals surface area contributed by atoms with Crippen LogP contribution < -0.4 is 9.46 Å². The van der Waals surface area contributed by atoms with Gasteiger partial charge in [-0.3, -0.25) is 9.78 Å². The molecule has 2 N–H and O–H groups in total. The summed E-state index contributed by atoms with van der Waals surface area (Å²) in [5.41, 5.74) is 2.02. The zero-order chi connectivity index (χ0) is 26.7. The number of carbonyl (C=O) groups is 1. The Morgan fingerprint density at radius 2 is 1.97 bits per heavy atom. The fourth-order valence-corrected chi connectivity index (χ4v) is 4.47. The van der Waals surface area contributed by atoms with Crippen molar-refractivity contribution < 1.29 is 32.4 Å². The number of rotatable bonds is 9. The molecule has 7 nitrogen and oxygen atoms in total. The number of aromatic nitrogens is 1. The van der Waals surface area contributed by atoms with Crippen LogP contribution in [0.1, 0.15) is 37.6 Å². The van der Waals surface area contributed by atoms with Crippen molar-refractivity contribution in [1.82, 2.24) is 9.71 Å². The van der Waals surface area contributed by atoms with Crippen LogP contribution in [0.25, 0.3) is 22.1 Å². The molecule has 0 saturated carbocycles. The van der Waals surface area contributed by atoms with E-state index in [-0.39, 0.29) is 35.7 Å². The molecule has 2 heterocycles. The summed E-state index contributed by atoms with van der Waals surface area (Å²) in [4.78, 5) is 15.3. The smallest absolute Gasteiger partial charge is 0.307 e. The van der Waals surface area contributed by atoms with Crippen molar-refractivity contribution in [2.24, 2.45) is 0 Å². The Hall–Kier alpha value is -3.47. The van der Waals surface area contributed by atoms with Gasteiger partial charge in [-0.05, 0) is 56.7 Å². The van der Waals surface area contributed by atoms with E-state index in [1.54, 1.807) is 18.2 Å². The Kier molecular flexibility index (Phi) is 7.82. The molecule has 0 amide bonds. The first kappa shape index (κ1) is 26.6. The molecule has 0 bridgehead atoms. The molecule has 0 fully saturated rings. The molecule has 4 aromatic rings. The molecule has 194 valence electrons. The van der Waals surface area contributed by atoms with Gasteiger partial charge in [-0.2, -0.15) is 0 Å². The van der Waals surface area contributed by atoms with E-state index in [0.717, 1.165) is 0 Å². The molecule has 1 atom stereocenters. The molecule has 0 spiro atoms. The Morgan fingerprint density at radius 3 is 2.70 bits per heavy atom. The first-order valence-corrected chi connectivity index (χ1v) is 12.6. The van der Waals surface area contributed by atoms with E-state index in [2.05, 4.69) is 9.71 Å². The summed E-state index contributed by atoms with van der Waals surface area (Å²) >= 11 is -1.40. The quantitative estimate of drug-likeness (QED) is 0.275.